The van der Waals surface area contributed by atoms with Gasteiger partial charge in [0.25, 0.3) is 0 Å². The standard InChI is InChI=1S/C74H47NO2/c1-2-19-48(20-3-1)49-37-41-53(42-38-49)75(54-22-18-21-50(45-54)51-40-44-62-59(46-51)57-25-5-8-27-61(57)73(62)63-28-9-14-33-69(63)76-70-34-15-10-29-64(70)73)68-32-13-6-23-55(68)52-39-43-58-56-24-4-7-26-60(56)74(67(58)47-52)65-30-11-16-35-71(65)77-72-36-17-12-31-66(72)74/h1-47H. The average Bonchev–Trinajstić information content (AvgIpc) is 3.99. The lowest BCUT2D eigenvalue weighted by molar-refractivity contribution is 0.436. The van der Waals surface area contributed by atoms with Gasteiger partial charge >= 0.3 is 0 Å². The molecule has 2 spiro atoms. The Kier molecular flexibility index (Phi) is 9.47. The summed E-state index contributed by atoms with van der Waals surface area (Å²) in [6.07, 6.45) is 0. The summed E-state index contributed by atoms with van der Waals surface area (Å²) in [6, 6.07) is 104. The molecule has 12 aromatic rings. The fourth-order valence-electron chi connectivity index (χ4n) is 13.7. The Morgan fingerprint density at radius 3 is 1.25 bits per heavy atom. The Bertz CT molecular complexity index is 4270. The Hall–Kier alpha value is -9.96. The first-order chi connectivity index (χ1) is 38.2. The third kappa shape index (κ3) is 6.20. The van der Waals surface area contributed by atoms with Crippen LogP contribution in [0.5, 0.6) is 23.0 Å². The van der Waals surface area contributed by atoms with Crippen molar-refractivity contribution in [3.05, 3.63) is 330 Å². The van der Waals surface area contributed by atoms with Gasteiger partial charge in [-0.1, -0.05) is 218 Å². The Morgan fingerprint density at radius 1 is 0.221 bits per heavy atom. The van der Waals surface area contributed by atoms with E-state index in [1.54, 1.807) is 0 Å². The van der Waals surface area contributed by atoms with E-state index in [1.807, 2.05) is 0 Å². The van der Waals surface area contributed by atoms with Gasteiger partial charge in [0.2, 0.25) is 0 Å². The maximum Gasteiger partial charge on any atom is 0.132 e. The number of hydrogen-bond acceptors (Lipinski definition) is 3. The van der Waals surface area contributed by atoms with Crippen LogP contribution >= 0.6 is 0 Å². The number of fused-ring (bicyclic) bond motifs is 18. The molecule has 0 fully saturated rings. The molecule has 360 valence electrons. The van der Waals surface area contributed by atoms with Gasteiger partial charge in [0.05, 0.1) is 16.5 Å². The van der Waals surface area contributed by atoms with Crippen molar-refractivity contribution in [2.75, 3.05) is 4.90 Å². The molecule has 0 bridgehead atoms. The number of anilines is 3. The maximum absolute atomic E-state index is 6.71. The number of benzene rings is 12. The SMILES string of the molecule is c1ccc(-c2ccc(N(c3cccc(-c4ccc5c(c4)-c4ccccc4C54c5ccccc5Oc5ccccc54)c3)c3ccccc3-c3ccc4c(c3)C3(c5ccccc5Oc5ccccc53)c3ccccc3-4)cc2)cc1. The van der Waals surface area contributed by atoms with Gasteiger partial charge in [-0.05, 0) is 139 Å². The second-order valence-electron chi connectivity index (χ2n) is 20.6. The monoisotopic (exact) mass is 981 g/mol. The summed E-state index contributed by atoms with van der Waals surface area (Å²) in [7, 11) is 0. The summed E-state index contributed by atoms with van der Waals surface area (Å²) in [5.74, 6) is 3.56. The van der Waals surface area contributed by atoms with Crippen LogP contribution in [0.15, 0.2) is 285 Å². The molecule has 0 saturated carbocycles. The molecule has 3 nitrogen and oxygen atoms in total. The molecular formula is C74H47NO2. The van der Waals surface area contributed by atoms with Gasteiger partial charge in [-0.3, -0.25) is 0 Å². The Balaban J connectivity index is 0.872. The molecule has 0 unspecified atom stereocenters. The van der Waals surface area contributed by atoms with Crippen LogP contribution in [0.3, 0.4) is 0 Å². The predicted molar refractivity (Wildman–Crippen MR) is 312 cm³/mol. The van der Waals surface area contributed by atoms with E-state index in [-0.39, 0.29) is 0 Å². The van der Waals surface area contributed by atoms with Crippen molar-refractivity contribution in [3.63, 3.8) is 0 Å². The number of para-hydroxylation sites is 5. The fraction of sp³-hybridized carbons (Fsp3) is 0.0270. The zero-order chi connectivity index (χ0) is 50.7. The van der Waals surface area contributed by atoms with Crippen molar-refractivity contribution in [1.82, 2.24) is 0 Å². The van der Waals surface area contributed by atoms with E-state index < -0.39 is 10.8 Å². The topological polar surface area (TPSA) is 21.7 Å². The van der Waals surface area contributed by atoms with Crippen molar-refractivity contribution in [1.29, 1.82) is 0 Å². The highest BCUT2D eigenvalue weighted by Gasteiger charge is 2.52. The molecule has 0 atom stereocenters. The van der Waals surface area contributed by atoms with Crippen LogP contribution in [-0.2, 0) is 10.8 Å². The molecule has 2 aliphatic carbocycles. The summed E-state index contributed by atoms with van der Waals surface area (Å²) >= 11 is 0. The van der Waals surface area contributed by atoms with Crippen molar-refractivity contribution in [2.24, 2.45) is 0 Å². The van der Waals surface area contributed by atoms with Crippen LogP contribution in [0.2, 0.25) is 0 Å². The molecule has 0 N–H and O–H groups in total. The fourth-order valence-corrected chi connectivity index (χ4v) is 13.7. The van der Waals surface area contributed by atoms with E-state index in [1.165, 1.54) is 55.6 Å². The average molecular weight is 982 g/mol. The van der Waals surface area contributed by atoms with Gasteiger partial charge in [0, 0.05) is 39.2 Å². The highest BCUT2D eigenvalue weighted by molar-refractivity contribution is 5.95. The van der Waals surface area contributed by atoms with Crippen LogP contribution in [-0.4, -0.2) is 0 Å². The van der Waals surface area contributed by atoms with Crippen LogP contribution in [0.25, 0.3) is 55.6 Å². The minimum absolute atomic E-state index is 0.526. The van der Waals surface area contributed by atoms with Gasteiger partial charge in [0.15, 0.2) is 0 Å². The van der Waals surface area contributed by atoms with E-state index in [9.17, 15) is 0 Å². The highest BCUT2D eigenvalue weighted by Crippen LogP contribution is 2.64. The molecule has 0 aromatic heterocycles. The third-order valence-corrected chi connectivity index (χ3v) is 16.8. The molecule has 3 heteroatoms. The molecule has 4 aliphatic rings. The number of hydrogen-bond donors (Lipinski definition) is 0. The molecule has 2 heterocycles. The minimum atomic E-state index is -0.586. The number of ether oxygens (including phenoxy) is 2. The summed E-state index contributed by atoms with van der Waals surface area (Å²) < 4.78 is 13.4. The highest BCUT2D eigenvalue weighted by atomic mass is 16.5. The normalized spacial score (nSPS) is 13.9. The maximum atomic E-state index is 6.71. The molecule has 77 heavy (non-hydrogen) atoms. The van der Waals surface area contributed by atoms with E-state index in [0.29, 0.717) is 0 Å². The van der Waals surface area contributed by atoms with Gasteiger partial charge < -0.3 is 14.4 Å². The quantitative estimate of drug-likeness (QED) is 0.166. The molecule has 0 amide bonds. The molecule has 12 aromatic carbocycles. The zero-order valence-corrected chi connectivity index (χ0v) is 41.9. The molecule has 0 saturated heterocycles. The van der Waals surface area contributed by atoms with Crippen LogP contribution in [0, 0.1) is 0 Å². The van der Waals surface area contributed by atoms with Crippen molar-refractivity contribution < 1.29 is 9.47 Å². The summed E-state index contributed by atoms with van der Waals surface area (Å²) in [5.41, 5.74) is 23.7. The molecular weight excluding hydrogens is 935 g/mol. The van der Waals surface area contributed by atoms with Gasteiger partial charge in [-0.15, -0.1) is 0 Å². The molecule has 0 radical (unpaired) electrons. The van der Waals surface area contributed by atoms with Crippen molar-refractivity contribution in [3.8, 4) is 78.6 Å². The Morgan fingerprint density at radius 2 is 0.636 bits per heavy atom. The lowest BCUT2D eigenvalue weighted by Gasteiger charge is -2.39. The van der Waals surface area contributed by atoms with E-state index >= 15 is 0 Å². The van der Waals surface area contributed by atoms with Crippen molar-refractivity contribution in [2.45, 2.75) is 10.8 Å². The van der Waals surface area contributed by atoms with Gasteiger partial charge in [-0.25, -0.2) is 0 Å². The first-order valence-corrected chi connectivity index (χ1v) is 26.6. The van der Waals surface area contributed by atoms with Crippen LogP contribution < -0.4 is 14.4 Å². The third-order valence-electron chi connectivity index (χ3n) is 16.8. The van der Waals surface area contributed by atoms with E-state index in [0.717, 1.165) is 84.6 Å². The van der Waals surface area contributed by atoms with Crippen LogP contribution in [0.4, 0.5) is 17.1 Å². The lowest BCUT2D eigenvalue weighted by atomic mass is 9.66. The summed E-state index contributed by atoms with van der Waals surface area (Å²) in [5, 5.41) is 0. The molecule has 16 rings (SSSR count). The Labute approximate surface area is 448 Å². The van der Waals surface area contributed by atoms with Gasteiger partial charge in [0.1, 0.15) is 23.0 Å². The first-order valence-electron chi connectivity index (χ1n) is 26.6. The largest absolute Gasteiger partial charge is 0.457 e. The summed E-state index contributed by atoms with van der Waals surface area (Å²) in [4.78, 5) is 2.44. The van der Waals surface area contributed by atoms with E-state index in [4.69, 9.17) is 9.47 Å². The zero-order valence-electron chi connectivity index (χ0n) is 41.9. The second-order valence-corrected chi connectivity index (χ2v) is 20.6. The predicted octanol–water partition coefficient (Wildman–Crippen LogP) is 19.1. The molecule has 2 aliphatic heterocycles. The number of nitrogens with zero attached hydrogens (tertiary/aromatic N) is 1. The van der Waals surface area contributed by atoms with Gasteiger partial charge in [-0.2, -0.15) is 0 Å². The number of rotatable bonds is 6. The smallest absolute Gasteiger partial charge is 0.132 e. The van der Waals surface area contributed by atoms with Crippen LogP contribution in [0.1, 0.15) is 44.5 Å². The van der Waals surface area contributed by atoms with Crippen molar-refractivity contribution >= 4 is 17.1 Å². The van der Waals surface area contributed by atoms with E-state index in [2.05, 4.69) is 290 Å². The second kappa shape index (κ2) is 16.8. The minimum Gasteiger partial charge on any atom is -0.457 e. The lowest BCUT2D eigenvalue weighted by Crippen LogP contribution is -2.32. The first kappa shape index (κ1) is 43.4. The summed E-state index contributed by atoms with van der Waals surface area (Å²) in [6.45, 7) is 0.